The summed E-state index contributed by atoms with van der Waals surface area (Å²) in [6.07, 6.45) is 7.95. The third-order valence-corrected chi connectivity index (χ3v) is 5.95. The van der Waals surface area contributed by atoms with Crippen LogP contribution >= 0.6 is 0 Å². The van der Waals surface area contributed by atoms with E-state index in [4.69, 9.17) is 4.74 Å². The highest BCUT2D eigenvalue weighted by Crippen LogP contribution is 2.39. The van der Waals surface area contributed by atoms with Gasteiger partial charge in [0.25, 0.3) is 5.91 Å². The number of fused-ring (bicyclic) bond motifs is 2. The molecule has 1 spiro atoms. The van der Waals surface area contributed by atoms with Gasteiger partial charge in [-0.2, -0.15) is 5.10 Å². The van der Waals surface area contributed by atoms with Gasteiger partial charge in [-0.1, -0.05) is 12.1 Å². The molecule has 1 fully saturated rings. The first-order chi connectivity index (χ1) is 13.6. The van der Waals surface area contributed by atoms with Crippen molar-refractivity contribution in [1.82, 2.24) is 19.1 Å². The number of likely N-dealkylation sites (tertiary alicyclic amines) is 1. The van der Waals surface area contributed by atoms with Crippen molar-refractivity contribution >= 4 is 17.3 Å². The molecule has 0 N–H and O–H groups in total. The average Bonchev–Trinajstić information content (AvgIpc) is 3.21. The number of ether oxygens (including phenoxy) is 1. The minimum atomic E-state index is -0.514. The molecule has 144 valence electrons. The molecule has 1 saturated heterocycles. The minimum Gasteiger partial charge on any atom is -0.486 e. The van der Waals surface area contributed by atoms with Gasteiger partial charge in [0.05, 0.1) is 18.2 Å². The number of rotatable bonds is 1. The van der Waals surface area contributed by atoms with Crippen LogP contribution in [0, 0.1) is 0 Å². The summed E-state index contributed by atoms with van der Waals surface area (Å²) < 4.78 is 9.94. The van der Waals surface area contributed by atoms with Gasteiger partial charge >= 0.3 is 0 Å². The molecule has 7 nitrogen and oxygen atoms in total. The molecule has 1 aromatic carbocycles. The summed E-state index contributed by atoms with van der Waals surface area (Å²) >= 11 is 0. The molecule has 5 rings (SSSR count). The van der Waals surface area contributed by atoms with E-state index in [1.165, 1.54) is 0 Å². The Bertz CT molecular complexity index is 1080. The van der Waals surface area contributed by atoms with E-state index in [0.29, 0.717) is 42.8 Å². The van der Waals surface area contributed by atoms with Crippen molar-refractivity contribution < 1.29 is 14.3 Å². The zero-order valence-electron chi connectivity index (χ0n) is 15.8. The largest absolute Gasteiger partial charge is 0.486 e. The van der Waals surface area contributed by atoms with Gasteiger partial charge < -0.3 is 14.2 Å². The van der Waals surface area contributed by atoms with Crippen LogP contribution in [0.5, 0.6) is 5.75 Å². The lowest BCUT2D eigenvalue weighted by molar-refractivity contribution is 0.0300. The molecular weight excluding hydrogens is 356 g/mol. The van der Waals surface area contributed by atoms with Gasteiger partial charge in [-0.25, -0.2) is 4.52 Å². The molecule has 1 amide bonds. The Morgan fingerprint density at radius 3 is 2.93 bits per heavy atom. The number of amides is 1. The van der Waals surface area contributed by atoms with E-state index in [-0.39, 0.29) is 11.7 Å². The number of aromatic nitrogens is 3. The summed E-state index contributed by atoms with van der Waals surface area (Å²) in [5.74, 6) is 0.779. The van der Waals surface area contributed by atoms with Crippen LogP contribution in [0.3, 0.4) is 0 Å². The fraction of sp³-hybridized carbons (Fsp3) is 0.381. The van der Waals surface area contributed by atoms with Crippen molar-refractivity contribution in [2.24, 2.45) is 7.05 Å². The first-order valence-electron chi connectivity index (χ1n) is 9.66. The van der Waals surface area contributed by atoms with E-state index in [0.717, 1.165) is 18.5 Å². The summed E-state index contributed by atoms with van der Waals surface area (Å²) in [4.78, 5) is 27.7. The number of imidazole rings is 1. The highest BCUT2D eigenvalue weighted by atomic mass is 16.5. The standard InChI is InChI=1S/C21H22N4O3/c1-23-11-12-25-19(23)16(14-22-25)20(27)24-9-4-7-21(8-10-24)13-17(26)15-5-2-3-6-18(15)28-21/h2-3,5-6,11-12,14H,4,7-10,13H2,1H3. The Balaban J connectivity index is 1.38. The van der Waals surface area contributed by atoms with E-state index in [9.17, 15) is 9.59 Å². The van der Waals surface area contributed by atoms with Gasteiger partial charge in [0.1, 0.15) is 22.6 Å². The SMILES string of the molecule is Cn1ccn2ncc(C(=O)N3CCCC4(CC3)CC(=O)c3ccccc3O4)c12. The molecule has 4 heterocycles. The Kier molecular flexibility index (Phi) is 3.79. The molecule has 0 saturated carbocycles. The van der Waals surface area contributed by atoms with Crippen molar-refractivity contribution in [2.45, 2.75) is 31.3 Å². The van der Waals surface area contributed by atoms with Crippen molar-refractivity contribution in [3.05, 3.63) is 54.0 Å². The molecule has 28 heavy (non-hydrogen) atoms. The second-order valence-electron chi connectivity index (χ2n) is 7.76. The lowest BCUT2D eigenvalue weighted by Gasteiger charge is -2.37. The number of nitrogens with zero attached hydrogens (tertiary/aromatic N) is 4. The third kappa shape index (κ3) is 2.61. The van der Waals surface area contributed by atoms with E-state index >= 15 is 0 Å². The summed E-state index contributed by atoms with van der Waals surface area (Å²) in [5, 5.41) is 4.28. The fourth-order valence-corrected chi connectivity index (χ4v) is 4.46. The van der Waals surface area contributed by atoms with E-state index < -0.39 is 5.60 Å². The van der Waals surface area contributed by atoms with Crippen LogP contribution in [-0.2, 0) is 7.05 Å². The molecule has 1 unspecified atom stereocenters. The molecule has 1 atom stereocenters. The van der Waals surface area contributed by atoms with Crippen molar-refractivity contribution in [2.75, 3.05) is 13.1 Å². The molecule has 3 aromatic rings. The number of hydrogen-bond donors (Lipinski definition) is 0. The monoisotopic (exact) mass is 378 g/mol. The highest BCUT2D eigenvalue weighted by Gasteiger charge is 2.42. The topological polar surface area (TPSA) is 68.8 Å². The van der Waals surface area contributed by atoms with Crippen LogP contribution in [0.2, 0.25) is 0 Å². The molecule has 0 radical (unpaired) electrons. The fourth-order valence-electron chi connectivity index (χ4n) is 4.46. The molecule has 7 heteroatoms. The van der Waals surface area contributed by atoms with Gasteiger partial charge in [0.15, 0.2) is 5.78 Å². The third-order valence-electron chi connectivity index (χ3n) is 5.95. The highest BCUT2D eigenvalue weighted by molar-refractivity contribution is 6.01. The van der Waals surface area contributed by atoms with Crippen LogP contribution in [-0.4, -0.2) is 49.5 Å². The average molecular weight is 378 g/mol. The first-order valence-corrected chi connectivity index (χ1v) is 9.66. The quantitative estimate of drug-likeness (QED) is 0.653. The molecule has 0 bridgehead atoms. The van der Waals surface area contributed by atoms with Gasteiger partial charge in [-0.05, 0) is 25.0 Å². The second kappa shape index (κ2) is 6.22. The second-order valence-corrected chi connectivity index (χ2v) is 7.76. The lowest BCUT2D eigenvalue weighted by Crippen LogP contribution is -2.43. The Hall–Kier alpha value is -3.09. The van der Waals surface area contributed by atoms with Crippen LogP contribution in [0.1, 0.15) is 46.4 Å². The predicted molar refractivity (Wildman–Crippen MR) is 103 cm³/mol. The zero-order chi connectivity index (χ0) is 19.3. The number of Topliss-reactive ketones (excluding diaryl/α,β-unsaturated/α-hetero) is 1. The van der Waals surface area contributed by atoms with Gasteiger partial charge in [0, 0.05) is 39.0 Å². The number of para-hydroxylation sites is 1. The van der Waals surface area contributed by atoms with Crippen LogP contribution < -0.4 is 4.74 Å². The van der Waals surface area contributed by atoms with E-state index in [1.54, 1.807) is 10.7 Å². The van der Waals surface area contributed by atoms with Crippen LogP contribution in [0.25, 0.3) is 5.65 Å². The molecule has 2 aliphatic rings. The lowest BCUT2D eigenvalue weighted by atomic mass is 9.84. The number of aryl methyl sites for hydroxylation is 1. The number of carbonyl (C=O) groups is 2. The van der Waals surface area contributed by atoms with Crippen LogP contribution in [0.15, 0.2) is 42.9 Å². The summed E-state index contributed by atoms with van der Waals surface area (Å²) in [7, 11) is 1.91. The Labute approximate surface area is 162 Å². The number of carbonyl (C=O) groups excluding carboxylic acids is 2. The maximum Gasteiger partial charge on any atom is 0.259 e. The summed E-state index contributed by atoms with van der Waals surface area (Å²) in [5.41, 5.74) is 1.55. The van der Waals surface area contributed by atoms with Gasteiger partial charge in [-0.3, -0.25) is 9.59 Å². The first kappa shape index (κ1) is 17.0. The smallest absolute Gasteiger partial charge is 0.259 e. The molecule has 2 aliphatic heterocycles. The summed E-state index contributed by atoms with van der Waals surface area (Å²) in [6.45, 7) is 1.22. The maximum absolute atomic E-state index is 13.2. The van der Waals surface area contributed by atoms with Gasteiger partial charge in [-0.15, -0.1) is 0 Å². The van der Waals surface area contributed by atoms with E-state index in [1.807, 2.05) is 53.2 Å². The minimum absolute atomic E-state index is 0.0172. The van der Waals surface area contributed by atoms with Crippen molar-refractivity contribution in [3.63, 3.8) is 0 Å². The van der Waals surface area contributed by atoms with Crippen molar-refractivity contribution in [3.8, 4) is 5.75 Å². The zero-order valence-corrected chi connectivity index (χ0v) is 15.8. The van der Waals surface area contributed by atoms with Crippen molar-refractivity contribution in [1.29, 1.82) is 0 Å². The molecule has 2 aromatic heterocycles. The number of benzene rings is 1. The number of hydrogen-bond acceptors (Lipinski definition) is 4. The number of ketones is 1. The molecular formula is C21H22N4O3. The summed E-state index contributed by atoms with van der Waals surface area (Å²) in [6, 6.07) is 7.44. The Morgan fingerprint density at radius 1 is 1.18 bits per heavy atom. The normalized spacial score (nSPS) is 22.2. The maximum atomic E-state index is 13.2. The molecule has 0 aliphatic carbocycles. The van der Waals surface area contributed by atoms with Crippen LogP contribution in [0.4, 0.5) is 0 Å². The Morgan fingerprint density at radius 2 is 2.04 bits per heavy atom. The van der Waals surface area contributed by atoms with Gasteiger partial charge in [0.2, 0.25) is 0 Å². The van der Waals surface area contributed by atoms with E-state index in [2.05, 4.69) is 5.10 Å². The predicted octanol–water partition coefficient (Wildman–Crippen LogP) is 2.70.